The number of hydrogen-bond donors (Lipinski definition) is 1. The Balaban J connectivity index is 0.000000861. The van der Waals surface area contributed by atoms with Gasteiger partial charge in [-0.2, -0.15) is 0 Å². The van der Waals surface area contributed by atoms with Gasteiger partial charge < -0.3 is 5.32 Å². The smallest absolute Gasteiger partial charge is 0.0419 e. The molecule has 0 amide bonds. The normalized spacial score (nSPS) is 14.0. The summed E-state index contributed by atoms with van der Waals surface area (Å²) in [6.45, 7) is 11.7. The number of dihydropyridines is 1. The van der Waals surface area contributed by atoms with Gasteiger partial charge in [0.2, 0.25) is 0 Å². The highest BCUT2D eigenvalue weighted by atomic mass is 14.9. The van der Waals surface area contributed by atoms with Crippen LogP contribution in [-0.4, -0.2) is 6.54 Å². The van der Waals surface area contributed by atoms with E-state index in [1.54, 1.807) is 0 Å². The third kappa shape index (κ3) is 4.59. The van der Waals surface area contributed by atoms with Crippen LogP contribution in [0, 0.1) is 12.8 Å². The van der Waals surface area contributed by atoms with Crippen molar-refractivity contribution in [2.24, 2.45) is 5.92 Å². The first-order valence-corrected chi connectivity index (χ1v) is 7.36. The molecule has 1 aliphatic heterocycles. The first-order valence-electron chi connectivity index (χ1n) is 7.36. The average Bonchev–Trinajstić information content (AvgIpc) is 2.42. The van der Waals surface area contributed by atoms with Gasteiger partial charge in [0.25, 0.3) is 0 Å². The van der Waals surface area contributed by atoms with E-state index in [4.69, 9.17) is 0 Å². The molecule has 0 unspecified atom stereocenters. The largest absolute Gasteiger partial charge is 0.381 e. The minimum absolute atomic E-state index is 0.733. The second-order valence-electron chi connectivity index (χ2n) is 5.17. The van der Waals surface area contributed by atoms with Gasteiger partial charge in [0.15, 0.2) is 0 Å². The zero-order chi connectivity index (χ0) is 14.3. The van der Waals surface area contributed by atoms with Crippen molar-refractivity contribution in [2.75, 3.05) is 6.54 Å². The molecule has 0 spiro atoms. The Kier molecular flexibility index (Phi) is 6.41. The Bertz CT molecular complexity index is 453. The molecule has 1 aliphatic rings. The van der Waals surface area contributed by atoms with Crippen LogP contribution in [0.1, 0.15) is 45.2 Å². The van der Waals surface area contributed by atoms with Crippen molar-refractivity contribution in [1.82, 2.24) is 5.32 Å². The second-order valence-corrected chi connectivity index (χ2v) is 5.17. The summed E-state index contributed by atoms with van der Waals surface area (Å²) in [5.41, 5.74) is 5.38. The number of allylic oxidation sites excluding steroid dienone is 2. The van der Waals surface area contributed by atoms with Gasteiger partial charge in [0.05, 0.1) is 0 Å². The summed E-state index contributed by atoms with van der Waals surface area (Å²) in [6, 6.07) is 8.51. The lowest BCUT2D eigenvalue weighted by Gasteiger charge is -2.20. The molecule has 1 aromatic rings. The van der Waals surface area contributed by atoms with E-state index in [-0.39, 0.29) is 0 Å². The fourth-order valence-corrected chi connectivity index (χ4v) is 2.25. The molecule has 0 radical (unpaired) electrons. The fraction of sp³-hybridized carbons (Fsp3) is 0.444. The highest BCUT2D eigenvalue weighted by Crippen LogP contribution is 2.21. The second kappa shape index (κ2) is 7.83. The average molecular weight is 257 g/mol. The molecule has 2 rings (SSSR count). The summed E-state index contributed by atoms with van der Waals surface area (Å²) >= 11 is 0. The van der Waals surface area contributed by atoms with Crippen LogP contribution in [0.15, 0.2) is 42.0 Å². The highest BCUT2D eigenvalue weighted by molar-refractivity contribution is 5.69. The van der Waals surface area contributed by atoms with E-state index in [1.165, 1.54) is 28.8 Å². The third-order valence-electron chi connectivity index (χ3n) is 3.10. The fourth-order valence-electron chi connectivity index (χ4n) is 2.25. The molecular weight excluding hydrogens is 230 g/mol. The minimum atomic E-state index is 0.733. The summed E-state index contributed by atoms with van der Waals surface area (Å²) in [4.78, 5) is 0. The van der Waals surface area contributed by atoms with Crippen LogP contribution in [0.2, 0.25) is 0 Å². The molecule has 0 aromatic heterocycles. The summed E-state index contributed by atoms with van der Waals surface area (Å²) in [5, 5.41) is 3.52. The van der Waals surface area contributed by atoms with Gasteiger partial charge in [-0.25, -0.2) is 0 Å². The molecule has 0 saturated carbocycles. The van der Waals surface area contributed by atoms with Crippen molar-refractivity contribution in [3.8, 4) is 0 Å². The van der Waals surface area contributed by atoms with Gasteiger partial charge in [-0.3, -0.25) is 0 Å². The van der Waals surface area contributed by atoms with Gasteiger partial charge in [-0.15, -0.1) is 0 Å². The Hall–Kier alpha value is -1.50. The van der Waals surface area contributed by atoms with Crippen molar-refractivity contribution in [3.05, 3.63) is 53.1 Å². The molecule has 0 bridgehead atoms. The number of nitrogens with one attached hydrogen (secondary N) is 1. The minimum Gasteiger partial charge on any atom is -0.381 e. The molecule has 0 aliphatic carbocycles. The predicted octanol–water partition coefficient (Wildman–Crippen LogP) is 4.94. The monoisotopic (exact) mass is 257 g/mol. The standard InChI is InChI=1S/C16H21N.C2H6/c1-12(2)10-14-8-9-16(17-11-14)15-7-5-4-6-13(15)3;1-2/h4-9,12,17H,10-11H2,1-3H3;1-2H3. The Labute approximate surface area is 118 Å². The van der Waals surface area contributed by atoms with Gasteiger partial charge in [0, 0.05) is 17.8 Å². The molecule has 0 fully saturated rings. The summed E-state index contributed by atoms with van der Waals surface area (Å²) in [7, 11) is 0. The van der Waals surface area contributed by atoms with Crippen molar-refractivity contribution in [2.45, 2.75) is 41.0 Å². The molecular formula is C18H27N. The van der Waals surface area contributed by atoms with Crippen molar-refractivity contribution in [3.63, 3.8) is 0 Å². The van der Waals surface area contributed by atoms with E-state index < -0.39 is 0 Å². The number of aryl methyl sites for hydroxylation is 1. The Morgan fingerprint density at radius 3 is 2.32 bits per heavy atom. The maximum absolute atomic E-state index is 3.52. The quantitative estimate of drug-likeness (QED) is 0.809. The van der Waals surface area contributed by atoms with Crippen LogP contribution in [0.3, 0.4) is 0 Å². The van der Waals surface area contributed by atoms with Gasteiger partial charge in [-0.05, 0) is 30.9 Å². The van der Waals surface area contributed by atoms with Crippen molar-refractivity contribution in [1.29, 1.82) is 0 Å². The first kappa shape index (κ1) is 15.6. The lowest BCUT2D eigenvalue weighted by molar-refractivity contribution is 0.627. The van der Waals surface area contributed by atoms with Crippen LogP contribution in [0.5, 0.6) is 0 Å². The third-order valence-corrected chi connectivity index (χ3v) is 3.10. The molecule has 1 heterocycles. The molecule has 0 atom stereocenters. The van der Waals surface area contributed by atoms with Crippen LogP contribution in [-0.2, 0) is 0 Å². The Morgan fingerprint density at radius 2 is 1.79 bits per heavy atom. The topological polar surface area (TPSA) is 12.0 Å². The zero-order valence-corrected chi connectivity index (χ0v) is 13.0. The molecule has 19 heavy (non-hydrogen) atoms. The first-order chi connectivity index (χ1) is 9.16. The maximum Gasteiger partial charge on any atom is 0.0419 e. The summed E-state index contributed by atoms with van der Waals surface area (Å²) in [6.07, 6.45) is 5.67. The summed E-state index contributed by atoms with van der Waals surface area (Å²) in [5.74, 6) is 0.733. The number of benzene rings is 1. The molecule has 1 heteroatoms. The van der Waals surface area contributed by atoms with Crippen molar-refractivity contribution >= 4 is 5.70 Å². The number of hydrogen-bond acceptors (Lipinski definition) is 1. The van der Waals surface area contributed by atoms with E-state index in [0.717, 1.165) is 12.5 Å². The zero-order valence-electron chi connectivity index (χ0n) is 13.0. The van der Waals surface area contributed by atoms with Crippen LogP contribution >= 0.6 is 0 Å². The van der Waals surface area contributed by atoms with Gasteiger partial charge in [0.1, 0.15) is 0 Å². The number of rotatable bonds is 3. The van der Waals surface area contributed by atoms with E-state index in [9.17, 15) is 0 Å². The predicted molar refractivity (Wildman–Crippen MR) is 86.0 cm³/mol. The van der Waals surface area contributed by atoms with Crippen molar-refractivity contribution < 1.29 is 0 Å². The molecule has 1 nitrogen and oxygen atoms in total. The molecule has 1 aromatic carbocycles. The lowest BCUT2D eigenvalue weighted by Crippen LogP contribution is -2.20. The SMILES string of the molecule is CC.Cc1ccccc1C1=CC=C(CC(C)C)CN1. The van der Waals surface area contributed by atoms with Gasteiger partial charge >= 0.3 is 0 Å². The van der Waals surface area contributed by atoms with Gasteiger partial charge in [-0.1, -0.05) is 63.6 Å². The van der Waals surface area contributed by atoms with E-state index >= 15 is 0 Å². The van der Waals surface area contributed by atoms with E-state index in [0.29, 0.717) is 0 Å². The molecule has 0 saturated heterocycles. The van der Waals surface area contributed by atoms with E-state index in [1.807, 2.05) is 13.8 Å². The lowest BCUT2D eigenvalue weighted by atomic mass is 9.98. The highest BCUT2D eigenvalue weighted by Gasteiger charge is 2.09. The molecule has 1 N–H and O–H groups in total. The molecule has 104 valence electrons. The van der Waals surface area contributed by atoms with Crippen LogP contribution < -0.4 is 5.32 Å². The van der Waals surface area contributed by atoms with Crippen LogP contribution in [0.4, 0.5) is 0 Å². The maximum atomic E-state index is 3.52. The van der Waals surface area contributed by atoms with Crippen LogP contribution in [0.25, 0.3) is 5.70 Å². The van der Waals surface area contributed by atoms with E-state index in [2.05, 4.69) is 62.5 Å². The summed E-state index contributed by atoms with van der Waals surface area (Å²) < 4.78 is 0. The Morgan fingerprint density at radius 1 is 1.11 bits per heavy atom.